The fourth-order valence-electron chi connectivity index (χ4n) is 3.22. The number of carbonyl (C=O) groups excluding carboxylic acids is 1. The summed E-state index contributed by atoms with van der Waals surface area (Å²) in [7, 11) is 0. The van der Waals surface area contributed by atoms with Gasteiger partial charge < -0.3 is 14.9 Å². The summed E-state index contributed by atoms with van der Waals surface area (Å²) >= 11 is 0. The highest BCUT2D eigenvalue weighted by atomic mass is 16.5. The van der Waals surface area contributed by atoms with E-state index in [1.54, 1.807) is 0 Å². The van der Waals surface area contributed by atoms with Gasteiger partial charge >= 0.3 is 5.97 Å². The average Bonchev–Trinajstić information content (AvgIpc) is 2.67. The maximum Gasteiger partial charge on any atom is 0.338 e. The molecule has 0 radical (unpaired) electrons. The highest BCUT2D eigenvalue weighted by molar-refractivity contribution is 5.90. The van der Waals surface area contributed by atoms with Crippen LogP contribution in [0.25, 0.3) is 0 Å². The van der Waals surface area contributed by atoms with Crippen molar-refractivity contribution < 1.29 is 19.7 Å². The van der Waals surface area contributed by atoms with E-state index in [9.17, 15) is 15.0 Å². The third-order valence-electron chi connectivity index (χ3n) is 4.87. The minimum Gasteiger partial charge on any atom is -0.504 e. The van der Waals surface area contributed by atoms with Gasteiger partial charge in [0.05, 0.1) is 5.56 Å². The Morgan fingerprint density at radius 3 is 2.26 bits per heavy atom. The molecule has 1 unspecified atom stereocenters. The molecule has 31 heavy (non-hydrogen) atoms. The zero-order valence-electron chi connectivity index (χ0n) is 19.9. The van der Waals surface area contributed by atoms with Crippen molar-refractivity contribution in [2.75, 3.05) is 6.61 Å². The van der Waals surface area contributed by atoms with Crippen LogP contribution in [0.4, 0.5) is 0 Å². The largest absolute Gasteiger partial charge is 0.504 e. The molecule has 0 aliphatic carbocycles. The molecule has 0 heterocycles. The zero-order valence-corrected chi connectivity index (χ0v) is 19.9. The number of aromatic hydroxyl groups is 2. The zero-order chi connectivity index (χ0) is 23.4. The van der Waals surface area contributed by atoms with Crippen LogP contribution >= 0.6 is 0 Å². The van der Waals surface area contributed by atoms with Gasteiger partial charge in [0.25, 0.3) is 0 Å². The topological polar surface area (TPSA) is 66.8 Å². The molecule has 4 heteroatoms. The lowest BCUT2D eigenvalue weighted by Crippen LogP contribution is -2.05. The monoisotopic (exact) mass is 426 g/mol. The van der Waals surface area contributed by atoms with Crippen LogP contribution in [-0.4, -0.2) is 22.8 Å². The Morgan fingerprint density at radius 1 is 0.935 bits per heavy atom. The van der Waals surface area contributed by atoms with Crippen LogP contribution in [0.1, 0.15) is 77.6 Å². The first-order valence-corrected chi connectivity index (χ1v) is 10.9. The van der Waals surface area contributed by atoms with E-state index >= 15 is 0 Å². The third kappa shape index (κ3) is 11.3. The molecule has 2 N–H and O–H groups in total. The van der Waals surface area contributed by atoms with Gasteiger partial charge in [0.1, 0.15) is 6.61 Å². The number of esters is 1. The summed E-state index contributed by atoms with van der Waals surface area (Å²) in [6.07, 6.45) is 12.9. The molecule has 0 aliphatic rings. The Labute approximate surface area is 187 Å². The second-order valence-corrected chi connectivity index (χ2v) is 8.67. The SMILES string of the molecule is CC(C)=CCC/C(C)=C/CC(C=C(C)C)C/C(C)=C/COC(=O)c1ccc(O)c(O)c1. The van der Waals surface area contributed by atoms with Crippen molar-refractivity contribution in [3.8, 4) is 11.5 Å². The Morgan fingerprint density at radius 2 is 1.65 bits per heavy atom. The molecule has 4 nitrogen and oxygen atoms in total. The van der Waals surface area contributed by atoms with Crippen molar-refractivity contribution >= 4 is 5.97 Å². The van der Waals surface area contributed by atoms with Gasteiger partial charge in [0.15, 0.2) is 11.5 Å². The van der Waals surface area contributed by atoms with Crippen LogP contribution in [0.3, 0.4) is 0 Å². The second-order valence-electron chi connectivity index (χ2n) is 8.67. The number of carbonyl (C=O) groups is 1. The summed E-state index contributed by atoms with van der Waals surface area (Å²) < 4.78 is 5.28. The number of ether oxygens (including phenoxy) is 1. The molecule has 0 amide bonds. The summed E-state index contributed by atoms with van der Waals surface area (Å²) in [5, 5.41) is 18.9. The van der Waals surface area contributed by atoms with E-state index in [1.807, 2.05) is 6.08 Å². The third-order valence-corrected chi connectivity index (χ3v) is 4.87. The standard InChI is InChI=1S/C27H38O4/c1-19(2)8-7-9-21(5)10-11-23(16-20(3)4)17-22(6)14-15-31-27(30)24-12-13-25(28)26(29)18-24/h8,10,12-14,16,18,23,28-29H,7,9,11,15,17H2,1-6H3/b21-10+,22-14+. The average molecular weight is 427 g/mol. The van der Waals surface area contributed by atoms with Gasteiger partial charge in [0.2, 0.25) is 0 Å². The molecule has 170 valence electrons. The summed E-state index contributed by atoms with van der Waals surface area (Å²) in [6.45, 7) is 12.9. The minimum atomic E-state index is -0.532. The fraction of sp³-hybridized carbons (Fsp3) is 0.444. The molecule has 0 saturated heterocycles. The van der Waals surface area contributed by atoms with Gasteiger partial charge in [-0.3, -0.25) is 0 Å². The number of allylic oxidation sites excluding steroid dienone is 7. The van der Waals surface area contributed by atoms with Crippen molar-refractivity contribution in [3.05, 3.63) is 70.4 Å². The summed E-state index contributed by atoms with van der Waals surface area (Å²) in [5.41, 5.74) is 5.44. The molecule has 0 saturated carbocycles. The number of hydrogen-bond acceptors (Lipinski definition) is 4. The quantitative estimate of drug-likeness (QED) is 0.222. The molecule has 0 fully saturated rings. The molecule has 1 rings (SSSR count). The number of phenols is 2. The van der Waals surface area contributed by atoms with Gasteiger partial charge in [-0.15, -0.1) is 0 Å². The van der Waals surface area contributed by atoms with E-state index in [-0.39, 0.29) is 23.7 Å². The van der Waals surface area contributed by atoms with Gasteiger partial charge in [-0.05, 0) is 97.4 Å². The van der Waals surface area contributed by atoms with E-state index in [0.717, 1.165) is 25.7 Å². The van der Waals surface area contributed by atoms with Crippen molar-refractivity contribution in [2.45, 2.75) is 67.2 Å². The van der Waals surface area contributed by atoms with E-state index in [0.29, 0.717) is 5.92 Å². The fourth-order valence-corrected chi connectivity index (χ4v) is 3.22. The van der Waals surface area contributed by atoms with E-state index in [1.165, 1.54) is 40.5 Å². The first kappa shape index (κ1) is 26.3. The van der Waals surface area contributed by atoms with Gasteiger partial charge in [0, 0.05) is 0 Å². The maximum absolute atomic E-state index is 12.1. The highest BCUT2D eigenvalue weighted by Crippen LogP contribution is 2.25. The van der Waals surface area contributed by atoms with Crippen molar-refractivity contribution in [3.63, 3.8) is 0 Å². The van der Waals surface area contributed by atoms with E-state index in [4.69, 9.17) is 4.74 Å². The number of phenolic OH excluding ortho intramolecular Hbond substituents is 2. The molecular weight excluding hydrogens is 388 g/mol. The van der Waals surface area contributed by atoms with Crippen LogP contribution in [0.5, 0.6) is 11.5 Å². The van der Waals surface area contributed by atoms with E-state index < -0.39 is 5.97 Å². The molecule has 1 aromatic rings. The minimum absolute atomic E-state index is 0.172. The van der Waals surface area contributed by atoms with Gasteiger partial charge in [-0.1, -0.05) is 40.5 Å². The summed E-state index contributed by atoms with van der Waals surface area (Å²) in [6, 6.07) is 3.89. The first-order chi connectivity index (χ1) is 14.6. The van der Waals surface area contributed by atoms with Crippen LogP contribution in [0.15, 0.2) is 64.8 Å². The first-order valence-electron chi connectivity index (χ1n) is 10.9. The second kappa shape index (κ2) is 13.5. The highest BCUT2D eigenvalue weighted by Gasteiger charge is 2.10. The number of hydrogen-bond donors (Lipinski definition) is 2. The smallest absolute Gasteiger partial charge is 0.338 e. The predicted octanol–water partition coefficient (Wildman–Crippen LogP) is 7.26. The normalized spacial score (nSPS) is 12.8. The number of benzene rings is 1. The van der Waals surface area contributed by atoms with Crippen LogP contribution in [0, 0.1) is 5.92 Å². The lowest BCUT2D eigenvalue weighted by Gasteiger charge is -2.13. The summed E-state index contributed by atoms with van der Waals surface area (Å²) in [5.74, 6) is -0.728. The molecule has 0 aromatic heterocycles. The number of rotatable bonds is 11. The predicted molar refractivity (Wildman–Crippen MR) is 128 cm³/mol. The Balaban J connectivity index is 2.63. The molecule has 1 aromatic carbocycles. The Kier molecular flexibility index (Phi) is 11.5. The Bertz CT molecular complexity index is 848. The lowest BCUT2D eigenvalue weighted by atomic mass is 9.93. The van der Waals surface area contributed by atoms with Crippen LogP contribution in [0.2, 0.25) is 0 Å². The van der Waals surface area contributed by atoms with E-state index in [2.05, 4.69) is 59.8 Å². The summed E-state index contributed by atoms with van der Waals surface area (Å²) in [4.78, 5) is 12.1. The molecular formula is C27H38O4. The maximum atomic E-state index is 12.1. The van der Waals surface area contributed by atoms with Crippen LogP contribution < -0.4 is 0 Å². The molecule has 0 aliphatic heterocycles. The Hall–Kier alpha value is -2.75. The molecule has 0 spiro atoms. The lowest BCUT2D eigenvalue weighted by molar-refractivity contribution is 0.0548. The van der Waals surface area contributed by atoms with Crippen LogP contribution in [-0.2, 0) is 4.74 Å². The molecule has 0 bridgehead atoms. The van der Waals surface area contributed by atoms with Crippen molar-refractivity contribution in [2.24, 2.45) is 5.92 Å². The molecule has 1 atom stereocenters. The van der Waals surface area contributed by atoms with Gasteiger partial charge in [-0.2, -0.15) is 0 Å². The van der Waals surface area contributed by atoms with Gasteiger partial charge in [-0.25, -0.2) is 4.79 Å². The van der Waals surface area contributed by atoms with Crippen molar-refractivity contribution in [1.82, 2.24) is 0 Å². The van der Waals surface area contributed by atoms with Crippen molar-refractivity contribution in [1.29, 1.82) is 0 Å².